The number of hydrogen-bond acceptors (Lipinski definition) is 2. The van der Waals surface area contributed by atoms with Crippen LogP contribution in [0.5, 0.6) is 0 Å². The van der Waals surface area contributed by atoms with Crippen LogP contribution in [0.3, 0.4) is 0 Å². The van der Waals surface area contributed by atoms with E-state index in [1.54, 1.807) is 0 Å². The van der Waals surface area contributed by atoms with Crippen LogP contribution in [-0.2, 0) is 9.59 Å². The van der Waals surface area contributed by atoms with E-state index in [9.17, 15) is 9.59 Å². The van der Waals surface area contributed by atoms with E-state index in [0.29, 0.717) is 19.3 Å². The fourth-order valence-electron chi connectivity index (χ4n) is 2.69. The highest BCUT2D eigenvalue weighted by atomic mass is 79.9. The topological polar surface area (TPSA) is 34.1 Å². The molecule has 0 saturated heterocycles. The first-order valence-corrected chi connectivity index (χ1v) is 6.76. The molecule has 0 aromatic rings. The third-order valence-electron chi connectivity index (χ3n) is 3.86. The maximum absolute atomic E-state index is 12.0. The summed E-state index contributed by atoms with van der Waals surface area (Å²) in [4.78, 5) is 23.9. The van der Waals surface area contributed by atoms with E-state index in [1.807, 2.05) is 6.92 Å². The Labute approximate surface area is 105 Å². The first-order valence-electron chi connectivity index (χ1n) is 5.97. The van der Waals surface area contributed by atoms with Crippen molar-refractivity contribution in [3.63, 3.8) is 0 Å². The lowest BCUT2D eigenvalue weighted by Gasteiger charge is -2.31. The van der Waals surface area contributed by atoms with E-state index < -0.39 is 5.41 Å². The van der Waals surface area contributed by atoms with E-state index in [4.69, 9.17) is 0 Å². The summed E-state index contributed by atoms with van der Waals surface area (Å²) in [5.74, 6) is 0.284. The van der Waals surface area contributed by atoms with Crippen molar-refractivity contribution in [2.75, 3.05) is 0 Å². The molecule has 0 N–H and O–H groups in total. The van der Waals surface area contributed by atoms with Gasteiger partial charge in [-0.15, -0.1) is 0 Å². The predicted octanol–water partition coefficient (Wildman–Crippen LogP) is 3.54. The Kier molecular flexibility index (Phi) is 3.34. The fourth-order valence-corrected chi connectivity index (χ4v) is 3.31. The zero-order chi connectivity index (χ0) is 11.8. The Balaban J connectivity index is 2.20. The van der Waals surface area contributed by atoms with Gasteiger partial charge in [0.05, 0.1) is 5.41 Å². The summed E-state index contributed by atoms with van der Waals surface area (Å²) in [6.45, 7) is 1.84. The molecule has 0 aromatic heterocycles. The van der Waals surface area contributed by atoms with Crippen LogP contribution in [0, 0.1) is 5.41 Å². The van der Waals surface area contributed by atoms with Crippen molar-refractivity contribution < 1.29 is 9.59 Å². The van der Waals surface area contributed by atoms with Crippen molar-refractivity contribution in [2.45, 2.75) is 51.9 Å². The number of carbonyl (C=O) groups excluding carboxylic acids is 2. The first kappa shape index (κ1) is 12.0. The molecule has 2 aliphatic rings. The van der Waals surface area contributed by atoms with Crippen LogP contribution in [-0.4, -0.2) is 11.6 Å². The van der Waals surface area contributed by atoms with Gasteiger partial charge in [-0.2, -0.15) is 0 Å². The van der Waals surface area contributed by atoms with Crippen molar-refractivity contribution in [1.29, 1.82) is 0 Å². The zero-order valence-electron chi connectivity index (χ0n) is 9.64. The van der Waals surface area contributed by atoms with Gasteiger partial charge in [0, 0.05) is 12.8 Å². The highest BCUT2D eigenvalue weighted by Crippen LogP contribution is 2.41. The third-order valence-corrected chi connectivity index (χ3v) is 4.82. The van der Waals surface area contributed by atoms with Gasteiger partial charge < -0.3 is 0 Å². The Hall–Kier alpha value is -0.440. The van der Waals surface area contributed by atoms with E-state index in [-0.39, 0.29) is 11.6 Å². The van der Waals surface area contributed by atoms with Crippen molar-refractivity contribution >= 4 is 27.5 Å². The number of rotatable bonds is 2. The highest BCUT2D eigenvalue weighted by molar-refractivity contribution is 9.11. The maximum Gasteiger partial charge on any atom is 0.146 e. The molecule has 2 rings (SSSR count). The predicted molar refractivity (Wildman–Crippen MR) is 66.4 cm³/mol. The van der Waals surface area contributed by atoms with E-state index in [2.05, 4.69) is 15.9 Å². The number of halogens is 1. The molecular weight excluding hydrogens is 268 g/mol. The largest absolute Gasteiger partial charge is 0.299 e. The first-order chi connectivity index (χ1) is 7.54. The van der Waals surface area contributed by atoms with Crippen molar-refractivity contribution in [1.82, 2.24) is 0 Å². The highest BCUT2D eigenvalue weighted by Gasteiger charge is 2.43. The summed E-state index contributed by atoms with van der Waals surface area (Å²) in [7, 11) is 0. The Morgan fingerprint density at radius 1 is 1.06 bits per heavy atom. The third kappa shape index (κ3) is 2.02. The molecule has 2 nitrogen and oxygen atoms in total. The number of carbonyl (C=O) groups is 2. The molecule has 0 heterocycles. The second kappa shape index (κ2) is 4.44. The van der Waals surface area contributed by atoms with Gasteiger partial charge in [-0.1, -0.05) is 21.5 Å². The molecule has 1 fully saturated rings. The second-order valence-electron chi connectivity index (χ2n) is 5.07. The molecule has 0 radical (unpaired) electrons. The lowest BCUT2D eigenvalue weighted by molar-refractivity contribution is -0.142. The molecule has 0 atom stereocenters. The van der Waals surface area contributed by atoms with Gasteiger partial charge in [0.2, 0.25) is 0 Å². The monoisotopic (exact) mass is 284 g/mol. The van der Waals surface area contributed by atoms with Crippen molar-refractivity contribution in [3.05, 3.63) is 10.1 Å². The molecule has 0 bridgehead atoms. The number of Topliss-reactive ketones (excluding diaryl/α,β-unsaturated/α-hetero) is 2. The standard InChI is InChI=1S/C13H17BrO2/c1-13(8-9-4-2-5-10(9)14)11(15)6-3-7-12(13)16/h2-8H2,1H3. The molecule has 0 aliphatic heterocycles. The number of ketones is 2. The minimum atomic E-state index is -0.725. The quantitative estimate of drug-likeness (QED) is 0.727. The summed E-state index contributed by atoms with van der Waals surface area (Å²) in [6.07, 6.45) is 5.79. The number of allylic oxidation sites excluding steroid dienone is 2. The van der Waals surface area contributed by atoms with Crippen LogP contribution in [0.25, 0.3) is 0 Å². The average Bonchev–Trinajstić information content (AvgIpc) is 2.62. The molecule has 0 aromatic carbocycles. The zero-order valence-corrected chi connectivity index (χ0v) is 11.2. The summed E-state index contributed by atoms with van der Waals surface area (Å²) < 4.78 is 1.22. The summed E-state index contributed by atoms with van der Waals surface area (Å²) in [5, 5.41) is 0. The van der Waals surface area contributed by atoms with Crippen LogP contribution in [0.4, 0.5) is 0 Å². The Morgan fingerprint density at radius 3 is 2.12 bits per heavy atom. The van der Waals surface area contributed by atoms with E-state index >= 15 is 0 Å². The van der Waals surface area contributed by atoms with Crippen LogP contribution >= 0.6 is 15.9 Å². The smallest absolute Gasteiger partial charge is 0.146 e. The minimum absolute atomic E-state index is 0.142. The Morgan fingerprint density at radius 2 is 1.62 bits per heavy atom. The van der Waals surface area contributed by atoms with Crippen LogP contribution < -0.4 is 0 Å². The lowest BCUT2D eigenvalue weighted by Crippen LogP contribution is -2.40. The second-order valence-corrected chi connectivity index (χ2v) is 6.03. The van der Waals surface area contributed by atoms with Gasteiger partial charge >= 0.3 is 0 Å². The van der Waals surface area contributed by atoms with Crippen LogP contribution in [0.1, 0.15) is 51.9 Å². The minimum Gasteiger partial charge on any atom is -0.299 e. The van der Waals surface area contributed by atoms with Crippen molar-refractivity contribution in [2.24, 2.45) is 5.41 Å². The molecule has 2 aliphatic carbocycles. The SMILES string of the molecule is CC1(CC2=C(Br)CCC2)C(=O)CCCC1=O. The van der Waals surface area contributed by atoms with Gasteiger partial charge in [0.25, 0.3) is 0 Å². The number of hydrogen-bond donors (Lipinski definition) is 0. The molecule has 1 saturated carbocycles. The molecule has 88 valence electrons. The van der Waals surface area contributed by atoms with Gasteiger partial charge in [-0.25, -0.2) is 0 Å². The van der Waals surface area contributed by atoms with Crippen LogP contribution in [0.15, 0.2) is 10.1 Å². The molecule has 3 heteroatoms. The van der Waals surface area contributed by atoms with E-state index in [1.165, 1.54) is 10.1 Å². The van der Waals surface area contributed by atoms with Crippen LogP contribution in [0.2, 0.25) is 0 Å². The maximum atomic E-state index is 12.0. The fraction of sp³-hybridized carbons (Fsp3) is 0.692. The summed E-state index contributed by atoms with van der Waals surface area (Å²) in [5.41, 5.74) is 0.558. The van der Waals surface area contributed by atoms with Crippen molar-refractivity contribution in [3.8, 4) is 0 Å². The summed E-state index contributed by atoms with van der Waals surface area (Å²) >= 11 is 3.55. The average molecular weight is 285 g/mol. The normalized spacial score (nSPS) is 25.4. The molecule has 16 heavy (non-hydrogen) atoms. The summed E-state index contributed by atoms with van der Waals surface area (Å²) in [6, 6.07) is 0. The molecule has 0 amide bonds. The molecule has 0 spiro atoms. The molecule has 0 unspecified atom stereocenters. The van der Waals surface area contributed by atoms with Gasteiger partial charge in [0.1, 0.15) is 11.6 Å². The Bertz CT molecular complexity index is 352. The lowest BCUT2D eigenvalue weighted by atomic mass is 9.70. The van der Waals surface area contributed by atoms with Gasteiger partial charge in [-0.3, -0.25) is 9.59 Å². The van der Waals surface area contributed by atoms with E-state index in [0.717, 1.165) is 25.7 Å². The van der Waals surface area contributed by atoms with Gasteiger partial charge in [0.15, 0.2) is 0 Å². The molecular formula is C13H17BrO2. The van der Waals surface area contributed by atoms with Gasteiger partial charge in [-0.05, 0) is 43.5 Å².